The van der Waals surface area contributed by atoms with Gasteiger partial charge in [-0.05, 0) is 27.4 Å². The Morgan fingerprint density at radius 1 is 0.526 bits per heavy atom. The summed E-state index contributed by atoms with van der Waals surface area (Å²) in [6.07, 6.45) is 0. The smallest absolute Gasteiger partial charge is 0.0806 e. The number of hydrogen-bond acceptors (Lipinski definition) is 4. The summed E-state index contributed by atoms with van der Waals surface area (Å²) in [5.41, 5.74) is 28.5. The molecule has 0 fully saturated rings. The van der Waals surface area contributed by atoms with E-state index >= 15 is 0 Å². The molecule has 1 aromatic carbocycles. The van der Waals surface area contributed by atoms with Crippen LogP contribution in [0.1, 0.15) is 52.7 Å². The van der Waals surface area contributed by atoms with E-state index in [2.05, 4.69) is 41.5 Å². The number of benzene rings is 1. The highest BCUT2D eigenvalue weighted by Crippen LogP contribution is 2.65. The van der Waals surface area contributed by atoms with E-state index in [0.717, 1.165) is 11.1 Å². The lowest BCUT2D eigenvalue weighted by atomic mass is 9.59. The molecule has 0 spiro atoms. The highest BCUT2D eigenvalue weighted by molar-refractivity contribution is 5.93. The fourth-order valence-corrected chi connectivity index (χ4v) is 3.53. The van der Waals surface area contributed by atoms with Crippen LogP contribution >= 0.6 is 0 Å². The molecule has 1 aliphatic carbocycles. The van der Waals surface area contributed by atoms with Crippen molar-refractivity contribution in [1.82, 2.24) is 0 Å². The van der Waals surface area contributed by atoms with Crippen molar-refractivity contribution < 1.29 is 0 Å². The summed E-state index contributed by atoms with van der Waals surface area (Å²) >= 11 is 0. The molecule has 8 N–H and O–H groups in total. The number of rotatable bonds is 0. The molecule has 0 aromatic heterocycles. The zero-order valence-corrected chi connectivity index (χ0v) is 12.8. The van der Waals surface area contributed by atoms with Crippen molar-refractivity contribution in [2.45, 2.75) is 52.4 Å². The molecule has 0 unspecified atom stereocenters. The summed E-state index contributed by atoms with van der Waals surface area (Å²) < 4.78 is 0. The molecule has 0 aliphatic heterocycles. The van der Waals surface area contributed by atoms with Gasteiger partial charge in [-0.15, -0.1) is 0 Å². The standard InChI is InChI=1S/C15H26N4/c1-13(2)7-8(14(3,4)15(13,5)6)10(17)12(19)11(18)9(7)16/h16-19H2,1-6H3. The Labute approximate surface area is 115 Å². The topological polar surface area (TPSA) is 104 Å². The van der Waals surface area contributed by atoms with Crippen LogP contribution < -0.4 is 22.9 Å². The molecular formula is C15H26N4. The van der Waals surface area contributed by atoms with Crippen LogP contribution in [0.25, 0.3) is 0 Å². The molecule has 0 heterocycles. The summed E-state index contributed by atoms with van der Waals surface area (Å²) in [6.45, 7) is 13.3. The van der Waals surface area contributed by atoms with Crippen molar-refractivity contribution in [3.05, 3.63) is 11.1 Å². The normalized spacial score (nSPS) is 22.2. The van der Waals surface area contributed by atoms with Gasteiger partial charge in [-0.2, -0.15) is 0 Å². The Hall–Kier alpha value is -1.58. The molecule has 2 rings (SSSR count). The predicted molar refractivity (Wildman–Crippen MR) is 83.9 cm³/mol. The summed E-state index contributed by atoms with van der Waals surface area (Å²) in [4.78, 5) is 0. The molecule has 0 bridgehead atoms. The maximum atomic E-state index is 6.26. The van der Waals surface area contributed by atoms with E-state index in [1.165, 1.54) is 0 Å². The number of anilines is 4. The van der Waals surface area contributed by atoms with Crippen LogP contribution in [0.4, 0.5) is 22.7 Å². The molecule has 0 atom stereocenters. The van der Waals surface area contributed by atoms with E-state index in [0.29, 0.717) is 22.7 Å². The molecule has 19 heavy (non-hydrogen) atoms. The summed E-state index contributed by atoms with van der Waals surface area (Å²) in [5.74, 6) is 0. The first-order chi connectivity index (χ1) is 8.39. The monoisotopic (exact) mass is 262 g/mol. The molecule has 4 heteroatoms. The van der Waals surface area contributed by atoms with Gasteiger partial charge >= 0.3 is 0 Å². The van der Waals surface area contributed by atoms with E-state index in [9.17, 15) is 0 Å². The van der Waals surface area contributed by atoms with Gasteiger partial charge in [0, 0.05) is 0 Å². The fraction of sp³-hybridized carbons (Fsp3) is 0.600. The van der Waals surface area contributed by atoms with Gasteiger partial charge in [0.1, 0.15) is 0 Å². The predicted octanol–water partition coefficient (Wildman–Crippen LogP) is 2.61. The average Bonchev–Trinajstić information content (AvgIpc) is 2.39. The second-order valence-corrected chi connectivity index (χ2v) is 7.28. The minimum atomic E-state index is -0.119. The first kappa shape index (κ1) is 13.8. The van der Waals surface area contributed by atoms with Gasteiger partial charge in [0.25, 0.3) is 0 Å². The maximum absolute atomic E-state index is 6.26. The zero-order chi connectivity index (χ0) is 15.0. The van der Waals surface area contributed by atoms with E-state index < -0.39 is 0 Å². The second-order valence-electron chi connectivity index (χ2n) is 7.28. The Balaban J connectivity index is 3.02. The molecule has 0 saturated carbocycles. The molecule has 106 valence electrons. The third-order valence-corrected chi connectivity index (χ3v) is 6.03. The SMILES string of the molecule is CC1(C)c2c(N)c(N)c(N)c(N)c2C(C)(C)C1(C)C. The Morgan fingerprint density at radius 2 is 0.789 bits per heavy atom. The van der Waals surface area contributed by atoms with E-state index in [4.69, 9.17) is 22.9 Å². The van der Waals surface area contributed by atoms with E-state index in [1.807, 2.05) is 0 Å². The van der Waals surface area contributed by atoms with Gasteiger partial charge in [0.15, 0.2) is 0 Å². The minimum Gasteiger partial charge on any atom is -0.397 e. The number of hydrogen-bond donors (Lipinski definition) is 4. The number of fused-ring (bicyclic) bond motifs is 1. The van der Waals surface area contributed by atoms with E-state index in [-0.39, 0.29) is 16.2 Å². The van der Waals surface area contributed by atoms with Crippen LogP contribution in [-0.4, -0.2) is 0 Å². The Bertz CT molecular complexity index is 519. The highest BCUT2D eigenvalue weighted by Gasteiger charge is 2.59. The molecule has 0 radical (unpaired) electrons. The van der Waals surface area contributed by atoms with Crippen LogP contribution in [0, 0.1) is 5.41 Å². The summed E-state index contributed by atoms with van der Waals surface area (Å²) in [6, 6.07) is 0. The Morgan fingerprint density at radius 3 is 1.05 bits per heavy atom. The van der Waals surface area contributed by atoms with Crippen LogP contribution in [-0.2, 0) is 10.8 Å². The molecule has 1 aromatic rings. The van der Waals surface area contributed by atoms with Crippen molar-refractivity contribution in [1.29, 1.82) is 0 Å². The zero-order valence-electron chi connectivity index (χ0n) is 12.8. The maximum Gasteiger partial charge on any atom is 0.0806 e. The van der Waals surface area contributed by atoms with Gasteiger partial charge < -0.3 is 22.9 Å². The quantitative estimate of drug-likeness (QED) is 0.539. The first-order valence-corrected chi connectivity index (χ1v) is 6.65. The second kappa shape index (κ2) is 3.30. The van der Waals surface area contributed by atoms with E-state index in [1.54, 1.807) is 0 Å². The van der Waals surface area contributed by atoms with Crippen molar-refractivity contribution in [2.24, 2.45) is 5.41 Å². The third-order valence-electron chi connectivity index (χ3n) is 6.03. The van der Waals surface area contributed by atoms with Gasteiger partial charge in [0.2, 0.25) is 0 Å². The van der Waals surface area contributed by atoms with Gasteiger partial charge in [0.05, 0.1) is 22.7 Å². The highest BCUT2D eigenvalue weighted by atomic mass is 14.8. The van der Waals surface area contributed by atoms with Gasteiger partial charge in [-0.1, -0.05) is 41.5 Å². The molecule has 4 nitrogen and oxygen atoms in total. The number of nitrogen functional groups attached to an aromatic ring is 4. The average molecular weight is 262 g/mol. The summed E-state index contributed by atoms with van der Waals surface area (Å²) in [7, 11) is 0. The molecular weight excluding hydrogens is 236 g/mol. The van der Waals surface area contributed by atoms with Crippen molar-refractivity contribution in [3.8, 4) is 0 Å². The third kappa shape index (κ3) is 1.24. The van der Waals surface area contributed by atoms with Gasteiger partial charge in [-0.25, -0.2) is 0 Å². The number of nitrogens with two attached hydrogens (primary N) is 4. The van der Waals surface area contributed by atoms with Crippen molar-refractivity contribution in [3.63, 3.8) is 0 Å². The summed E-state index contributed by atoms with van der Waals surface area (Å²) in [5, 5.41) is 0. The first-order valence-electron chi connectivity index (χ1n) is 6.65. The minimum absolute atomic E-state index is 0.00912. The van der Waals surface area contributed by atoms with Crippen molar-refractivity contribution >= 4 is 22.7 Å². The molecule has 0 amide bonds. The van der Waals surface area contributed by atoms with Crippen LogP contribution in [0.5, 0.6) is 0 Å². The van der Waals surface area contributed by atoms with Gasteiger partial charge in [-0.3, -0.25) is 0 Å². The van der Waals surface area contributed by atoms with Crippen LogP contribution in [0.2, 0.25) is 0 Å². The molecule has 1 aliphatic rings. The molecule has 0 saturated heterocycles. The lowest BCUT2D eigenvalue weighted by Crippen LogP contribution is -2.42. The fourth-order valence-electron chi connectivity index (χ4n) is 3.53. The Kier molecular flexibility index (Phi) is 2.40. The lowest BCUT2D eigenvalue weighted by Gasteiger charge is -2.44. The lowest BCUT2D eigenvalue weighted by molar-refractivity contribution is 0.125. The van der Waals surface area contributed by atoms with Crippen LogP contribution in [0.15, 0.2) is 0 Å². The van der Waals surface area contributed by atoms with Crippen molar-refractivity contribution in [2.75, 3.05) is 22.9 Å². The van der Waals surface area contributed by atoms with Crippen LogP contribution in [0.3, 0.4) is 0 Å². The largest absolute Gasteiger partial charge is 0.397 e.